The van der Waals surface area contributed by atoms with Crippen LogP contribution in [0.1, 0.15) is 17.5 Å². The van der Waals surface area contributed by atoms with Gasteiger partial charge in [-0.15, -0.1) is 0 Å². The molecule has 90 valence electrons. The molecular formula is C13H16N2O2. The maximum absolute atomic E-state index is 10.6. The Hall–Kier alpha value is -1.84. The van der Waals surface area contributed by atoms with E-state index in [4.69, 9.17) is 5.11 Å². The molecule has 1 N–H and O–H groups in total. The van der Waals surface area contributed by atoms with E-state index in [0.717, 1.165) is 36.5 Å². The van der Waals surface area contributed by atoms with Gasteiger partial charge in [0, 0.05) is 25.7 Å². The fourth-order valence-electron chi connectivity index (χ4n) is 1.98. The van der Waals surface area contributed by atoms with Crippen molar-refractivity contribution in [1.82, 2.24) is 4.90 Å². The average molecular weight is 232 g/mol. The SMILES string of the molecule is CN1CCCN=C1c1ccc(CC(=O)O)cc1. The van der Waals surface area contributed by atoms with Gasteiger partial charge in [0.25, 0.3) is 0 Å². The number of aliphatic carboxylic acids is 1. The third kappa shape index (κ3) is 2.84. The van der Waals surface area contributed by atoms with Gasteiger partial charge >= 0.3 is 5.97 Å². The summed E-state index contributed by atoms with van der Waals surface area (Å²) in [6, 6.07) is 7.60. The van der Waals surface area contributed by atoms with E-state index >= 15 is 0 Å². The number of hydrogen-bond acceptors (Lipinski definition) is 3. The molecule has 1 aromatic rings. The highest BCUT2D eigenvalue weighted by Gasteiger charge is 2.12. The Morgan fingerprint density at radius 3 is 2.71 bits per heavy atom. The van der Waals surface area contributed by atoms with E-state index in [0.29, 0.717) is 0 Å². The topological polar surface area (TPSA) is 52.9 Å². The monoisotopic (exact) mass is 232 g/mol. The van der Waals surface area contributed by atoms with Crippen LogP contribution in [-0.2, 0) is 11.2 Å². The number of nitrogens with zero attached hydrogens (tertiary/aromatic N) is 2. The van der Waals surface area contributed by atoms with Crippen LogP contribution in [0.15, 0.2) is 29.3 Å². The van der Waals surface area contributed by atoms with Crippen LogP contribution in [0.2, 0.25) is 0 Å². The molecule has 4 heteroatoms. The molecule has 0 amide bonds. The molecule has 1 heterocycles. The molecule has 17 heavy (non-hydrogen) atoms. The molecule has 0 spiro atoms. The number of carboxylic acids is 1. The van der Waals surface area contributed by atoms with E-state index in [1.54, 1.807) is 0 Å². The summed E-state index contributed by atoms with van der Waals surface area (Å²) in [5.74, 6) is 0.197. The first-order valence-electron chi connectivity index (χ1n) is 5.73. The van der Waals surface area contributed by atoms with Crippen LogP contribution in [0.3, 0.4) is 0 Å². The van der Waals surface area contributed by atoms with Crippen molar-refractivity contribution in [2.75, 3.05) is 20.1 Å². The lowest BCUT2D eigenvalue weighted by atomic mass is 10.1. The van der Waals surface area contributed by atoms with Gasteiger partial charge in [0.15, 0.2) is 0 Å². The van der Waals surface area contributed by atoms with E-state index in [-0.39, 0.29) is 6.42 Å². The molecule has 0 aromatic heterocycles. The lowest BCUT2D eigenvalue weighted by Crippen LogP contribution is -2.32. The third-order valence-electron chi connectivity index (χ3n) is 2.84. The summed E-state index contributed by atoms with van der Waals surface area (Å²) >= 11 is 0. The normalized spacial score (nSPS) is 15.6. The van der Waals surface area contributed by atoms with E-state index in [9.17, 15) is 4.79 Å². The fraction of sp³-hybridized carbons (Fsp3) is 0.385. The predicted molar refractivity (Wildman–Crippen MR) is 66.4 cm³/mol. The Kier molecular flexibility index (Phi) is 3.42. The van der Waals surface area contributed by atoms with Crippen molar-refractivity contribution < 1.29 is 9.90 Å². The summed E-state index contributed by atoms with van der Waals surface area (Å²) in [4.78, 5) is 17.2. The first kappa shape index (κ1) is 11.6. The van der Waals surface area contributed by atoms with Gasteiger partial charge in [-0.1, -0.05) is 24.3 Å². The smallest absolute Gasteiger partial charge is 0.307 e. The number of carboxylic acid groups (broad SMARTS) is 1. The summed E-state index contributed by atoms with van der Waals surface area (Å²) in [6.45, 7) is 1.90. The average Bonchev–Trinajstić information content (AvgIpc) is 2.30. The number of rotatable bonds is 3. The van der Waals surface area contributed by atoms with Crippen molar-refractivity contribution in [2.24, 2.45) is 4.99 Å². The second-order valence-electron chi connectivity index (χ2n) is 4.25. The first-order valence-corrected chi connectivity index (χ1v) is 5.73. The predicted octanol–water partition coefficient (Wildman–Crippen LogP) is 1.40. The van der Waals surface area contributed by atoms with Crippen LogP contribution in [0.5, 0.6) is 0 Å². The first-order chi connectivity index (χ1) is 8.16. The zero-order chi connectivity index (χ0) is 12.3. The Morgan fingerprint density at radius 2 is 2.12 bits per heavy atom. The van der Waals surface area contributed by atoms with E-state index in [1.807, 2.05) is 31.3 Å². The molecular weight excluding hydrogens is 216 g/mol. The molecule has 0 fully saturated rings. The fourth-order valence-corrected chi connectivity index (χ4v) is 1.98. The number of benzene rings is 1. The standard InChI is InChI=1S/C13H16N2O2/c1-15-8-2-7-14-13(15)11-5-3-10(4-6-11)9-12(16)17/h3-6H,2,7-9H2,1H3,(H,16,17). The highest BCUT2D eigenvalue weighted by molar-refractivity contribution is 5.99. The Balaban J connectivity index is 2.17. The minimum absolute atomic E-state index is 0.0720. The molecule has 1 aromatic carbocycles. The summed E-state index contributed by atoms with van der Waals surface area (Å²) in [5.41, 5.74) is 1.88. The Labute approximate surface area is 101 Å². The molecule has 1 aliphatic rings. The zero-order valence-corrected chi connectivity index (χ0v) is 9.89. The molecule has 0 saturated carbocycles. The van der Waals surface area contributed by atoms with Crippen LogP contribution in [0, 0.1) is 0 Å². The minimum atomic E-state index is -0.801. The van der Waals surface area contributed by atoms with Gasteiger partial charge in [0.05, 0.1) is 6.42 Å². The number of carbonyl (C=O) groups is 1. The van der Waals surface area contributed by atoms with Crippen LogP contribution in [0.4, 0.5) is 0 Å². The molecule has 0 bridgehead atoms. The van der Waals surface area contributed by atoms with Gasteiger partial charge < -0.3 is 10.0 Å². The van der Waals surface area contributed by atoms with E-state index in [2.05, 4.69) is 9.89 Å². The molecule has 0 radical (unpaired) electrons. The van der Waals surface area contributed by atoms with Crippen molar-refractivity contribution in [1.29, 1.82) is 0 Å². The number of aliphatic imine (C=N–C) groups is 1. The van der Waals surface area contributed by atoms with Crippen molar-refractivity contribution >= 4 is 11.8 Å². The summed E-state index contributed by atoms with van der Waals surface area (Å²) in [7, 11) is 2.03. The molecule has 0 saturated heterocycles. The molecule has 2 rings (SSSR count). The maximum Gasteiger partial charge on any atom is 0.307 e. The molecule has 4 nitrogen and oxygen atoms in total. The molecule has 1 aliphatic heterocycles. The minimum Gasteiger partial charge on any atom is -0.481 e. The second-order valence-corrected chi connectivity index (χ2v) is 4.25. The van der Waals surface area contributed by atoms with Crippen LogP contribution < -0.4 is 0 Å². The van der Waals surface area contributed by atoms with Crippen LogP contribution in [0.25, 0.3) is 0 Å². The van der Waals surface area contributed by atoms with Crippen LogP contribution in [-0.4, -0.2) is 41.9 Å². The summed E-state index contributed by atoms with van der Waals surface area (Å²) in [6.07, 6.45) is 1.17. The Bertz CT molecular complexity index is 437. The van der Waals surface area contributed by atoms with Gasteiger partial charge in [-0.2, -0.15) is 0 Å². The maximum atomic E-state index is 10.6. The van der Waals surface area contributed by atoms with E-state index < -0.39 is 5.97 Å². The van der Waals surface area contributed by atoms with Crippen molar-refractivity contribution in [3.63, 3.8) is 0 Å². The van der Waals surface area contributed by atoms with Crippen LogP contribution >= 0.6 is 0 Å². The number of amidine groups is 1. The largest absolute Gasteiger partial charge is 0.481 e. The summed E-state index contributed by atoms with van der Waals surface area (Å²) < 4.78 is 0. The lowest BCUT2D eigenvalue weighted by molar-refractivity contribution is -0.136. The van der Waals surface area contributed by atoms with Gasteiger partial charge in [0.1, 0.15) is 5.84 Å². The quantitative estimate of drug-likeness (QED) is 0.857. The summed E-state index contributed by atoms with van der Waals surface area (Å²) in [5, 5.41) is 8.70. The van der Waals surface area contributed by atoms with E-state index in [1.165, 1.54) is 0 Å². The highest BCUT2D eigenvalue weighted by Crippen LogP contribution is 2.11. The molecule has 0 unspecified atom stereocenters. The van der Waals surface area contributed by atoms with Gasteiger partial charge in [-0.3, -0.25) is 9.79 Å². The van der Waals surface area contributed by atoms with Gasteiger partial charge in [-0.25, -0.2) is 0 Å². The Morgan fingerprint density at radius 1 is 1.41 bits per heavy atom. The second kappa shape index (κ2) is 4.99. The van der Waals surface area contributed by atoms with Crippen molar-refractivity contribution in [3.8, 4) is 0 Å². The lowest BCUT2D eigenvalue weighted by Gasteiger charge is -2.25. The van der Waals surface area contributed by atoms with Crippen molar-refractivity contribution in [3.05, 3.63) is 35.4 Å². The molecule has 0 atom stereocenters. The number of hydrogen-bond donors (Lipinski definition) is 1. The van der Waals surface area contributed by atoms with Gasteiger partial charge in [-0.05, 0) is 12.0 Å². The van der Waals surface area contributed by atoms with Crippen molar-refractivity contribution in [2.45, 2.75) is 12.8 Å². The highest BCUT2D eigenvalue weighted by atomic mass is 16.4. The molecule has 0 aliphatic carbocycles. The van der Waals surface area contributed by atoms with Gasteiger partial charge in [0.2, 0.25) is 0 Å². The third-order valence-corrected chi connectivity index (χ3v) is 2.84. The zero-order valence-electron chi connectivity index (χ0n) is 9.89.